The van der Waals surface area contributed by atoms with Crippen LogP contribution in [0.2, 0.25) is 0 Å². The molecule has 0 radical (unpaired) electrons. The number of hydrogen-bond donors (Lipinski definition) is 2. The minimum absolute atomic E-state index is 0.0759. The molecule has 0 aliphatic rings. The number of thiazole rings is 1. The molecule has 0 aliphatic heterocycles. The fraction of sp³-hybridized carbons (Fsp3) is 0.545. The first kappa shape index (κ1) is 14.6. The Morgan fingerprint density at radius 2 is 2.22 bits per heavy atom. The van der Waals surface area contributed by atoms with Gasteiger partial charge in [0.05, 0.1) is 19.7 Å². The number of esters is 1. The summed E-state index contributed by atoms with van der Waals surface area (Å²) in [7, 11) is 1.30. The van der Waals surface area contributed by atoms with Crippen LogP contribution < -0.4 is 11.1 Å². The van der Waals surface area contributed by atoms with E-state index in [4.69, 9.17) is 5.73 Å². The van der Waals surface area contributed by atoms with Crippen molar-refractivity contribution in [2.75, 3.05) is 7.11 Å². The van der Waals surface area contributed by atoms with Crippen LogP contribution >= 0.6 is 11.3 Å². The predicted octanol–water partition coefficient (Wildman–Crippen LogP) is 0.529. The van der Waals surface area contributed by atoms with Crippen molar-refractivity contribution in [2.24, 2.45) is 11.7 Å². The van der Waals surface area contributed by atoms with E-state index in [1.807, 2.05) is 13.8 Å². The number of nitrogens with zero attached hydrogens (tertiary/aromatic N) is 1. The Hall–Kier alpha value is -1.47. The van der Waals surface area contributed by atoms with Crippen molar-refractivity contribution in [2.45, 2.75) is 26.4 Å². The molecule has 18 heavy (non-hydrogen) atoms. The normalized spacial score (nSPS) is 12.3. The molecule has 7 heteroatoms. The third kappa shape index (κ3) is 3.78. The molecule has 1 heterocycles. The smallest absolute Gasteiger partial charge is 0.357 e. The van der Waals surface area contributed by atoms with Gasteiger partial charge in [0.1, 0.15) is 5.01 Å². The number of amides is 1. The SMILES string of the molecule is COC(=O)c1csc(CNC(=O)C(N)C(C)C)n1. The van der Waals surface area contributed by atoms with Crippen LogP contribution in [0.1, 0.15) is 29.3 Å². The number of aromatic nitrogens is 1. The molecule has 1 amide bonds. The average Bonchev–Trinajstić information content (AvgIpc) is 2.82. The van der Waals surface area contributed by atoms with Crippen molar-refractivity contribution in [3.8, 4) is 0 Å². The monoisotopic (exact) mass is 271 g/mol. The van der Waals surface area contributed by atoms with Gasteiger partial charge in [-0.3, -0.25) is 4.79 Å². The number of ether oxygens (including phenoxy) is 1. The molecule has 0 fully saturated rings. The summed E-state index contributed by atoms with van der Waals surface area (Å²) in [5.41, 5.74) is 5.95. The lowest BCUT2D eigenvalue weighted by molar-refractivity contribution is -0.123. The zero-order valence-electron chi connectivity index (χ0n) is 10.6. The molecule has 3 N–H and O–H groups in total. The average molecular weight is 271 g/mol. The highest BCUT2D eigenvalue weighted by atomic mass is 32.1. The Balaban J connectivity index is 2.51. The second-order valence-electron chi connectivity index (χ2n) is 4.11. The number of carbonyl (C=O) groups excluding carboxylic acids is 2. The fourth-order valence-corrected chi connectivity index (χ4v) is 1.88. The van der Waals surface area contributed by atoms with Crippen LogP contribution in [0.5, 0.6) is 0 Å². The molecule has 1 aromatic heterocycles. The summed E-state index contributed by atoms with van der Waals surface area (Å²) in [5, 5.41) is 4.91. The third-order valence-corrected chi connectivity index (χ3v) is 3.23. The minimum Gasteiger partial charge on any atom is -0.464 e. The molecular formula is C11H17N3O3S. The maximum atomic E-state index is 11.6. The first-order chi connectivity index (χ1) is 8.45. The van der Waals surface area contributed by atoms with Crippen molar-refractivity contribution in [1.29, 1.82) is 0 Å². The Labute approximate surface area is 110 Å². The molecule has 1 atom stereocenters. The number of rotatable bonds is 5. The van der Waals surface area contributed by atoms with E-state index in [-0.39, 0.29) is 24.1 Å². The summed E-state index contributed by atoms with van der Waals surface area (Å²) in [5.74, 6) is -0.630. The van der Waals surface area contributed by atoms with Crippen molar-refractivity contribution in [3.63, 3.8) is 0 Å². The first-order valence-corrected chi connectivity index (χ1v) is 6.39. The zero-order chi connectivity index (χ0) is 13.7. The van der Waals surface area contributed by atoms with Crippen molar-refractivity contribution < 1.29 is 14.3 Å². The van der Waals surface area contributed by atoms with Crippen LogP contribution in [0.3, 0.4) is 0 Å². The maximum absolute atomic E-state index is 11.6. The molecule has 0 bridgehead atoms. The topological polar surface area (TPSA) is 94.3 Å². The highest BCUT2D eigenvalue weighted by Gasteiger charge is 2.17. The predicted molar refractivity (Wildman–Crippen MR) is 68.1 cm³/mol. The van der Waals surface area contributed by atoms with E-state index in [2.05, 4.69) is 15.0 Å². The molecule has 0 saturated carbocycles. The van der Waals surface area contributed by atoms with Gasteiger partial charge in [-0.2, -0.15) is 0 Å². The number of nitrogens with one attached hydrogen (secondary N) is 1. The van der Waals surface area contributed by atoms with Crippen LogP contribution in [-0.4, -0.2) is 30.0 Å². The minimum atomic E-state index is -0.537. The molecule has 100 valence electrons. The van der Waals surface area contributed by atoms with Crippen molar-refractivity contribution in [1.82, 2.24) is 10.3 Å². The largest absolute Gasteiger partial charge is 0.464 e. The lowest BCUT2D eigenvalue weighted by Crippen LogP contribution is -2.43. The maximum Gasteiger partial charge on any atom is 0.357 e. The summed E-state index contributed by atoms with van der Waals surface area (Å²) >= 11 is 1.29. The van der Waals surface area contributed by atoms with Gasteiger partial charge in [-0.15, -0.1) is 11.3 Å². The van der Waals surface area contributed by atoms with Crippen LogP contribution in [0, 0.1) is 5.92 Å². The standard InChI is InChI=1S/C11H17N3O3S/c1-6(2)9(12)10(15)13-4-8-14-7(5-18-8)11(16)17-3/h5-6,9H,4,12H2,1-3H3,(H,13,15). The Bertz CT molecular complexity index is 431. The van der Waals surface area contributed by atoms with E-state index in [1.54, 1.807) is 5.38 Å². The van der Waals surface area contributed by atoms with E-state index >= 15 is 0 Å². The third-order valence-electron chi connectivity index (χ3n) is 2.38. The number of nitrogens with two attached hydrogens (primary N) is 1. The number of methoxy groups -OCH3 is 1. The first-order valence-electron chi connectivity index (χ1n) is 5.51. The zero-order valence-corrected chi connectivity index (χ0v) is 11.4. The van der Waals surface area contributed by atoms with Gasteiger partial charge in [-0.1, -0.05) is 13.8 Å². The van der Waals surface area contributed by atoms with Crippen molar-refractivity contribution in [3.05, 3.63) is 16.1 Å². The van der Waals surface area contributed by atoms with E-state index in [0.717, 1.165) is 0 Å². The van der Waals surface area contributed by atoms with E-state index in [1.165, 1.54) is 18.4 Å². The van der Waals surface area contributed by atoms with Gasteiger partial charge in [-0.05, 0) is 5.92 Å². The summed E-state index contributed by atoms with van der Waals surface area (Å²) in [6.07, 6.45) is 0. The lowest BCUT2D eigenvalue weighted by Gasteiger charge is -2.14. The van der Waals surface area contributed by atoms with Gasteiger partial charge in [-0.25, -0.2) is 9.78 Å². The second-order valence-corrected chi connectivity index (χ2v) is 5.05. The molecule has 1 rings (SSSR count). The molecule has 0 aliphatic carbocycles. The van der Waals surface area contributed by atoms with Crippen LogP contribution in [0.25, 0.3) is 0 Å². The molecule has 0 spiro atoms. The highest BCUT2D eigenvalue weighted by molar-refractivity contribution is 7.09. The molecule has 0 aromatic carbocycles. The molecular weight excluding hydrogens is 254 g/mol. The Morgan fingerprint density at radius 1 is 1.56 bits per heavy atom. The molecule has 6 nitrogen and oxygen atoms in total. The van der Waals surface area contributed by atoms with Gasteiger partial charge in [0.25, 0.3) is 0 Å². The number of carbonyl (C=O) groups is 2. The van der Waals surface area contributed by atoms with Crippen molar-refractivity contribution >= 4 is 23.2 Å². The van der Waals surface area contributed by atoms with Gasteiger partial charge < -0.3 is 15.8 Å². The quantitative estimate of drug-likeness (QED) is 0.762. The van der Waals surface area contributed by atoms with Crippen LogP contribution in [-0.2, 0) is 16.1 Å². The van der Waals surface area contributed by atoms with Gasteiger partial charge >= 0.3 is 5.97 Å². The second kappa shape index (κ2) is 6.46. The van der Waals surface area contributed by atoms with E-state index < -0.39 is 12.0 Å². The summed E-state index contributed by atoms with van der Waals surface area (Å²) < 4.78 is 4.54. The van der Waals surface area contributed by atoms with Gasteiger partial charge in [0, 0.05) is 5.38 Å². The molecule has 0 saturated heterocycles. The highest BCUT2D eigenvalue weighted by Crippen LogP contribution is 2.10. The van der Waals surface area contributed by atoms with Crippen LogP contribution in [0.4, 0.5) is 0 Å². The fourth-order valence-electron chi connectivity index (χ4n) is 1.17. The molecule has 1 aromatic rings. The van der Waals surface area contributed by atoms with Gasteiger partial charge in [0.15, 0.2) is 5.69 Å². The van der Waals surface area contributed by atoms with E-state index in [0.29, 0.717) is 5.01 Å². The van der Waals surface area contributed by atoms with Crippen LogP contribution in [0.15, 0.2) is 5.38 Å². The summed E-state index contributed by atoms with van der Waals surface area (Å²) in [6.45, 7) is 4.02. The lowest BCUT2D eigenvalue weighted by atomic mass is 10.1. The van der Waals surface area contributed by atoms with Gasteiger partial charge in [0.2, 0.25) is 5.91 Å². The van der Waals surface area contributed by atoms with E-state index in [9.17, 15) is 9.59 Å². The Kier molecular flexibility index (Phi) is 5.24. The molecule has 1 unspecified atom stereocenters. The number of hydrogen-bond acceptors (Lipinski definition) is 6. The Morgan fingerprint density at radius 3 is 2.78 bits per heavy atom. The summed E-state index contributed by atoms with van der Waals surface area (Å²) in [6, 6.07) is -0.537. The summed E-state index contributed by atoms with van der Waals surface area (Å²) in [4.78, 5) is 26.8.